The van der Waals surface area contributed by atoms with Crippen molar-refractivity contribution in [3.05, 3.63) is 29.3 Å². The average Bonchev–Trinajstić information content (AvgIpc) is 2.41. The van der Waals surface area contributed by atoms with Crippen LogP contribution in [0.25, 0.3) is 0 Å². The van der Waals surface area contributed by atoms with Gasteiger partial charge in [0.2, 0.25) is 0 Å². The maximum absolute atomic E-state index is 5.98. The van der Waals surface area contributed by atoms with Crippen molar-refractivity contribution in [1.82, 2.24) is 0 Å². The maximum atomic E-state index is 5.98. The summed E-state index contributed by atoms with van der Waals surface area (Å²) in [4.78, 5) is 0. The number of aryl methyl sites for hydroxylation is 1. The number of ether oxygens (including phenoxy) is 1. The molecule has 2 rings (SSSR count). The van der Waals surface area contributed by atoms with E-state index in [1.165, 1.54) is 44.1 Å². The monoisotopic (exact) mass is 247 g/mol. The Morgan fingerprint density at radius 1 is 1.22 bits per heavy atom. The third kappa shape index (κ3) is 3.49. The Morgan fingerprint density at radius 3 is 2.72 bits per heavy atom. The van der Waals surface area contributed by atoms with Gasteiger partial charge in [0, 0.05) is 12.1 Å². The molecule has 0 unspecified atom stereocenters. The van der Waals surface area contributed by atoms with Gasteiger partial charge in [0.25, 0.3) is 0 Å². The highest BCUT2D eigenvalue weighted by atomic mass is 16.5. The van der Waals surface area contributed by atoms with Crippen LogP contribution in [0.1, 0.15) is 49.7 Å². The Labute approximate surface area is 111 Å². The average molecular weight is 247 g/mol. The lowest BCUT2D eigenvalue weighted by molar-refractivity contribution is 0.244. The number of benzene rings is 1. The van der Waals surface area contributed by atoms with Crippen molar-refractivity contribution in [2.24, 2.45) is 11.7 Å². The van der Waals surface area contributed by atoms with E-state index >= 15 is 0 Å². The summed E-state index contributed by atoms with van der Waals surface area (Å²) in [5.41, 5.74) is 8.07. The van der Waals surface area contributed by atoms with Crippen LogP contribution in [0.4, 0.5) is 0 Å². The molecular formula is C16H25NO. The topological polar surface area (TPSA) is 35.2 Å². The predicted octanol–water partition coefficient (Wildman–Crippen LogP) is 3.80. The fourth-order valence-electron chi connectivity index (χ4n) is 2.88. The van der Waals surface area contributed by atoms with Crippen LogP contribution in [0.3, 0.4) is 0 Å². The first-order valence-corrected chi connectivity index (χ1v) is 7.22. The Kier molecular flexibility index (Phi) is 5.06. The van der Waals surface area contributed by atoms with Crippen molar-refractivity contribution in [1.29, 1.82) is 0 Å². The molecule has 2 heteroatoms. The molecule has 0 atom stereocenters. The molecule has 1 aromatic carbocycles. The van der Waals surface area contributed by atoms with Gasteiger partial charge in [-0.2, -0.15) is 0 Å². The normalized spacial score (nSPS) is 16.8. The van der Waals surface area contributed by atoms with Gasteiger partial charge in [-0.05, 0) is 24.8 Å². The summed E-state index contributed by atoms with van der Waals surface area (Å²) in [5.74, 6) is 1.89. The molecule has 1 fully saturated rings. The van der Waals surface area contributed by atoms with Gasteiger partial charge >= 0.3 is 0 Å². The first kappa shape index (κ1) is 13.4. The molecule has 100 valence electrons. The molecule has 2 N–H and O–H groups in total. The molecule has 0 bridgehead atoms. The van der Waals surface area contributed by atoms with E-state index in [9.17, 15) is 0 Å². The zero-order valence-corrected chi connectivity index (χ0v) is 11.5. The summed E-state index contributed by atoms with van der Waals surface area (Å²) in [5, 5.41) is 0. The molecule has 1 aliphatic carbocycles. The minimum atomic E-state index is 0.556. The first-order chi connectivity index (χ1) is 8.81. The number of hydrogen-bond donors (Lipinski definition) is 1. The van der Waals surface area contributed by atoms with Crippen LogP contribution in [0.2, 0.25) is 0 Å². The maximum Gasteiger partial charge on any atom is 0.126 e. The molecule has 1 aliphatic rings. The fraction of sp³-hybridized carbons (Fsp3) is 0.625. The molecule has 1 aromatic rings. The minimum Gasteiger partial charge on any atom is -0.493 e. The van der Waals surface area contributed by atoms with Gasteiger partial charge in [-0.1, -0.05) is 50.3 Å². The minimum absolute atomic E-state index is 0.556. The van der Waals surface area contributed by atoms with Gasteiger partial charge in [0.15, 0.2) is 0 Å². The first-order valence-electron chi connectivity index (χ1n) is 7.22. The fourth-order valence-corrected chi connectivity index (χ4v) is 2.88. The van der Waals surface area contributed by atoms with Gasteiger partial charge in [0.05, 0.1) is 6.61 Å². The number of para-hydroxylation sites is 1. The molecule has 0 spiro atoms. The highest BCUT2D eigenvalue weighted by Crippen LogP contribution is 2.28. The second-order valence-electron chi connectivity index (χ2n) is 5.41. The predicted molar refractivity (Wildman–Crippen MR) is 75.8 cm³/mol. The summed E-state index contributed by atoms with van der Waals surface area (Å²) in [7, 11) is 0. The zero-order valence-electron chi connectivity index (χ0n) is 11.5. The molecule has 0 aromatic heterocycles. The Balaban J connectivity index is 1.85. The van der Waals surface area contributed by atoms with Crippen LogP contribution in [0.5, 0.6) is 5.75 Å². The number of hydrogen-bond acceptors (Lipinski definition) is 2. The standard InChI is InChI=1S/C16H25NO/c1-13-6-5-9-15(12-17)16(13)18-11-10-14-7-3-2-4-8-14/h5-6,9,14H,2-4,7-8,10-12,17H2,1H3. The van der Waals surface area contributed by atoms with Crippen LogP contribution in [0, 0.1) is 12.8 Å². The van der Waals surface area contributed by atoms with Crippen molar-refractivity contribution in [3.8, 4) is 5.75 Å². The Hall–Kier alpha value is -1.02. The molecule has 0 aliphatic heterocycles. The number of nitrogens with two attached hydrogens (primary N) is 1. The van der Waals surface area contributed by atoms with E-state index in [1.807, 2.05) is 6.07 Å². The highest BCUT2D eigenvalue weighted by molar-refractivity contribution is 5.40. The van der Waals surface area contributed by atoms with Gasteiger partial charge in [0.1, 0.15) is 5.75 Å². The molecule has 0 radical (unpaired) electrons. The Morgan fingerprint density at radius 2 is 2.00 bits per heavy atom. The molecule has 0 amide bonds. The van der Waals surface area contributed by atoms with E-state index in [2.05, 4.69) is 19.1 Å². The summed E-state index contributed by atoms with van der Waals surface area (Å²) in [6.45, 7) is 3.48. The highest BCUT2D eigenvalue weighted by Gasteiger charge is 2.13. The Bertz CT molecular complexity index is 369. The molecule has 1 saturated carbocycles. The molecule has 0 heterocycles. The van der Waals surface area contributed by atoms with Crippen LogP contribution in [-0.4, -0.2) is 6.61 Å². The van der Waals surface area contributed by atoms with E-state index in [0.717, 1.165) is 23.8 Å². The second-order valence-corrected chi connectivity index (χ2v) is 5.41. The van der Waals surface area contributed by atoms with Crippen molar-refractivity contribution in [2.45, 2.75) is 52.0 Å². The van der Waals surface area contributed by atoms with Crippen LogP contribution in [-0.2, 0) is 6.54 Å². The van der Waals surface area contributed by atoms with Crippen molar-refractivity contribution in [2.75, 3.05) is 6.61 Å². The lowest BCUT2D eigenvalue weighted by Gasteiger charge is -2.22. The smallest absolute Gasteiger partial charge is 0.126 e. The summed E-state index contributed by atoms with van der Waals surface area (Å²) >= 11 is 0. The molecule has 2 nitrogen and oxygen atoms in total. The third-order valence-corrected chi connectivity index (χ3v) is 4.01. The van der Waals surface area contributed by atoms with Crippen LogP contribution >= 0.6 is 0 Å². The summed E-state index contributed by atoms with van der Waals surface area (Å²) in [6.07, 6.45) is 8.21. The quantitative estimate of drug-likeness (QED) is 0.859. The summed E-state index contributed by atoms with van der Waals surface area (Å²) in [6, 6.07) is 6.20. The largest absolute Gasteiger partial charge is 0.493 e. The molecular weight excluding hydrogens is 222 g/mol. The zero-order chi connectivity index (χ0) is 12.8. The van der Waals surface area contributed by atoms with Gasteiger partial charge in [-0.25, -0.2) is 0 Å². The van der Waals surface area contributed by atoms with E-state index in [4.69, 9.17) is 10.5 Å². The van der Waals surface area contributed by atoms with Crippen LogP contribution < -0.4 is 10.5 Å². The van der Waals surface area contributed by atoms with E-state index in [-0.39, 0.29) is 0 Å². The SMILES string of the molecule is Cc1cccc(CN)c1OCCC1CCCCC1. The lowest BCUT2D eigenvalue weighted by Crippen LogP contribution is -2.12. The van der Waals surface area contributed by atoms with Gasteiger partial charge < -0.3 is 10.5 Å². The summed E-state index contributed by atoms with van der Waals surface area (Å²) < 4.78 is 5.98. The molecule has 18 heavy (non-hydrogen) atoms. The lowest BCUT2D eigenvalue weighted by atomic mass is 9.87. The van der Waals surface area contributed by atoms with Crippen molar-refractivity contribution >= 4 is 0 Å². The van der Waals surface area contributed by atoms with Crippen molar-refractivity contribution < 1.29 is 4.74 Å². The van der Waals surface area contributed by atoms with Crippen molar-refractivity contribution in [3.63, 3.8) is 0 Å². The van der Waals surface area contributed by atoms with Gasteiger partial charge in [-0.3, -0.25) is 0 Å². The number of rotatable bonds is 5. The van der Waals surface area contributed by atoms with E-state index in [1.54, 1.807) is 0 Å². The second kappa shape index (κ2) is 6.79. The van der Waals surface area contributed by atoms with Gasteiger partial charge in [-0.15, -0.1) is 0 Å². The third-order valence-electron chi connectivity index (χ3n) is 4.01. The van der Waals surface area contributed by atoms with E-state index in [0.29, 0.717) is 6.54 Å². The van der Waals surface area contributed by atoms with E-state index < -0.39 is 0 Å². The molecule has 0 saturated heterocycles. The van der Waals surface area contributed by atoms with Crippen LogP contribution in [0.15, 0.2) is 18.2 Å².